The van der Waals surface area contributed by atoms with Crippen molar-refractivity contribution in [2.75, 3.05) is 0 Å². The molecule has 3 N–H and O–H groups in total. The Hall–Kier alpha value is 0.0900. The highest BCUT2D eigenvalue weighted by Crippen LogP contribution is 2.11. The number of nitrogens with one attached hydrogen (secondary N) is 1. The molecule has 11 heavy (non-hydrogen) atoms. The lowest BCUT2D eigenvalue weighted by molar-refractivity contribution is -0.119. The van der Waals surface area contributed by atoms with Crippen LogP contribution in [0.25, 0.3) is 0 Å². The van der Waals surface area contributed by atoms with Crippen LogP contribution in [0.5, 0.6) is 0 Å². The average molecular weight is 286 g/mol. The van der Waals surface area contributed by atoms with Crippen LogP contribution in [-0.2, 0) is 4.79 Å². The van der Waals surface area contributed by atoms with E-state index in [0.717, 1.165) is 0 Å². The molecular weight excluding hydrogens is 275 g/mol. The van der Waals surface area contributed by atoms with Crippen LogP contribution < -0.4 is 11.1 Å². The van der Waals surface area contributed by atoms with Gasteiger partial charge in [-0.1, -0.05) is 36.4 Å². The van der Waals surface area contributed by atoms with E-state index in [0.29, 0.717) is 5.92 Å². The molecule has 0 radical (unpaired) electrons. The number of hydrogen-bond donors (Lipinski definition) is 2. The van der Waals surface area contributed by atoms with Crippen molar-refractivity contribution in [3.8, 4) is 0 Å². The quantitative estimate of drug-likeness (QED) is 0.448. The van der Waals surface area contributed by atoms with Gasteiger partial charge < -0.3 is 11.1 Å². The first-order valence-electron chi connectivity index (χ1n) is 3.19. The van der Waals surface area contributed by atoms with Crippen molar-refractivity contribution in [3.05, 3.63) is 0 Å². The maximum absolute atomic E-state index is 11.1. The van der Waals surface area contributed by atoms with Gasteiger partial charge in [0, 0.05) is 0 Å². The van der Waals surface area contributed by atoms with Gasteiger partial charge in [0.2, 0.25) is 5.91 Å². The van der Waals surface area contributed by atoms with Crippen molar-refractivity contribution in [2.24, 2.45) is 11.7 Å². The first-order chi connectivity index (χ1) is 4.95. The van der Waals surface area contributed by atoms with Gasteiger partial charge >= 0.3 is 0 Å². The average Bonchev–Trinajstić information content (AvgIpc) is 1.84. The van der Waals surface area contributed by atoms with Crippen LogP contribution in [-0.4, -0.2) is 14.9 Å². The summed E-state index contributed by atoms with van der Waals surface area (Å²) in [5.74, 6) is 0.179. The van der Waals surface area contributed by atoms with Gasteiger partial charge in [0.05, 0.1) is 3.92 Å². The van der Waals surface area contributed by atoms with E-state index in [-0.39, 0.29) is 14.9 Å². The van der Waals surface area contributed by atoms with Crippen LogP contribution in [0.15, 0.2) is 0 Å². The maximum Gasteiger partial charge on any atom is 0.239 e. The summed E-state index contributed by atoms with van der Waals surface area (Å²) in [6, 6.07) is 0. The fourth-order valence-corrected chi connectivity index (χ4v) is 0.749. The lowest BCUT2D eigenvalue weighted by atomic mass is 10.1. The van der Waals surface area contributed by atoms with Crippen molar-refractivity contribution >= 4 is 45.8 Å². The van der Waals surface area contributed by atoms with E-state index in [1.54, 1.807) is 0 Å². The zero-order chi connectivity index (χ0) is 9.02. The Morgan fingerprint density at radius 2 is 2.09 bits per heavy atom. The third-order valence-corrected chi connectivity index (χ3v) is 3.19. The van der Waals surface area contributed by atoms with Gasteiger partial charge in [-0.05, 0) is 18.1 Å². The molecule has 0 aromatic rings. The number of halogens is 1. The predicted octanol–water partition coefficient (Wildman–Crippen LogP) is 0.806. The molecule has 64 valence electrons. The highest BCUT2D eigenvalue weighted by atomic mass is 127. The molecule has 0 aromatic heterocycles. The molecule has 1 unspecified atom stereocenters. The Kier molecular flexibility index (Phi) is 4.91. The van der Waals surface area contributed by atoms with Crippen LogP contribution in [0.3, 0.4) is 0 Å². The molecule has 0 saturated heterocycles. The molecule has 0 aromatic carbocycles. The summed E-state index contributed by atoms with van der Waals surface area (Å²) in [6.45, 7) is 3.94. The summed E-state index contributed by atoms with van der Waals surface area (Å²) in [7, 11) is 0. The molecule has 3 nitrogen and oxygen atoms in total. The third-order valence-electron chi connectivity index (χ3n) is 1.08. The minimum absolute atomic E-state index is 0.0392. The Balaban J connectivity index is 3.93. The van der Waals surface area contributed by atoms with Gasteiger partial charge in [-0.2, -0.15) is 0 Å². The molecule has 0 bridgehead atoms. The summed E-state index contributed by atoms with van der Waals surface area (Å²) < 4.78 is -0.0749. The van der Waals surface area contributed by atoms with Crippen molar-refractivity contribution in [3.63, 3.8) is 0 Å². The van der Waals surface area contributed by atoms with Crippen molar-refractivity contribution in [2.45, 2.75) is 17.8 Å². The topological polar surface area (TPSA) is 55.1 Å². The van der Waals surface area contributed by atoms with Crippen LogP contribution in [0.1, 0.15) is 13.8 Å². The van der Waals surface area contributed by atoms with Gasteiger partial charge in [-0.3, -0.25) is 4.79 Å². The summed E-state index contributed by atoms with van der Waals surface area (Å²) in [6.07, 6.45) is 0. The number of hydrogen-bond acceptors (Lipinski definition) is 2. The van der Waals surface area contributed by atoms with E-state index in [1.807, 2.05) is 13.8 Å². The number of rotatable bonds is 2. The minimum atomic E-state index is -0.117. The van der Waals surface area contributed by atoms with E-state index >= 15 is 0 Å². The van der Waals surface area contributed by atoms with Crippen LogP contribution in [0, 0.1) is 5.92 Å². The number of nitrogens with two attached hydrogens (primary N) is 1. The maximum atomic E-state index is 11.1. The Labute approximate surface area is 85.2 Å². The molecule has 0 saturated carbocycles. The van der Waals surface area contributed by atoms with Crippen LogP contribution in [0.2, 0.25) is 0 Å². The van der Waals surface area contributed by atoms with E-state index < -0.39 is 0 Å². The van der Waals surface area contributed by atoms with E-state index in [9.17, 15) is 4.79 Å². The Morgan fingerprint density at radius 3 is 2.36 bits per heavy atom. The fraction of sp³-hybridized carbons (Fsp3) is 0.667. The molecule has 0 aliphatic heterocycles. The smallest absolute Gasteiger partial charge is 0.239 e. The summed E-state index contributed by atoms with van der Waals surface area (Å²) in [5, 5.41) is 2.43. The lowest BCUT2D eigenvalue weighted by Gasteiger charge is -2.12. The second kappa shape index (κ2) is 4.87. The van der Waals surface area contributed by atoms with E-state index in [4.69, 9.17) is 5.73 Å². The molecule has 0 aliphatic rings. The number of carbonyl (C=O) groups excluding carboxylic acids is 1. The number of thiocarbonyl (C=S) groups is 1. The number of alkyl halides is 1. The molecular formula is C6H11IN2OS. The zero-order valence-electron chi connectivity index (χ0n) is 6.43. The number of carbonyl (C=O) groups is 1. The molecule has 0 heterocycles. The van der Waals surface area contributed by atoms with E-state index in [2.05, 4.69) is 40.1 Å². The summed E-state index contributed by atoms with van der Waals surface area (Å²) in [5.41, 5.74) is 5.13. The van der Waals surface area contributed by atoms with E-state index in [1.165, 1.54) is 0 Å². The van der Waals surface area contributed by atoms with Crippen LogP contribution >= 0.6 is 34.8 Å². The third kappa shape index (κ3) is 4.52. The Morgan fingerprint density at radius 1 is 1.64 bits per heavy atom. The number of amides is 1. The molecule has 0 spiro atoms. The SMILES string of the molecule is CC(C)C(I)C(=O)NC(N)=S. The molecule has 5 heteroatoms. The summed E-state index contributed by atoms with van der Waals surface area (Å²) >= 11 is 6.58. The molecule has 0 rings (SSSR count). The van der Waals surface area contributed by atoms with Crippen molar-refractivity contribution in [1.82, 2.24) is 5.32 Å². The zero-order valence-corrected chi connectivity index (χ0v) is 9.40. The molecule has 0 aliphatic carbocycles. The Bertz CT molecular complexity index is 172. The monoisotopic (exact) mass is 286 g/mol. The minimum Gasteiger partial charge on any atom is -0.376 e. The normalized spacial score (nSPS) is 12.7. The fourth-order valence-electron chi connectivity index (χ4n) is 0.493. The van der Waals surface area contributed by atoms with Gasteiger partial charge in [0.25, 0.3) is 0 Å². The second-order valence-corrected chi connectivity index (χ2v) is 4.28. The van der Waals surface area contributed by atoms with Crippen LogP contribution in [0.4, 0.5) is 0 Å². The van der Waals surface area contributed by atoms with Gasteiger partial charge in [0.1, 0.15) is 0 Å². The highest BCUT2D eigenvalue weighted by Gasteiger charge is 2.18. The van der Waals surface area contributed by atoms with Gasteiger partial charge in [-0.25, -0.2) is 0 Å². The lowest BCUT2D eigenvalue weighted by Crippen LogP contribution is -2.40. The first-order valence-corrected chi connectivity index (χ1v) is 4.85. The highest BCUT2D eigenvalue weighted by molar-refractivity contribution is 14.1. The standard InChI is InChI=1S/C6H11IN2OS/c1-3(2)4(7)5(10)9-6(8)11/h3-4H,1-2H3,(H3,8,9,10,11). The second-order valence-electron chi connectivity index (χ2n) is 2.50. The van der Waals surface area contributed by atoms with Gasteiger partial charge in [-0.15, -0.1) is 0 Å². The molecule has 1 amide bonds. The van der Waals surface area contributed by atoms with Crippen molar-refractivity contribution in [1.29, 1.82) is 0 Å². The molecule has 0 fully saturated rings. The first kappa shape index (κ1) is 11.1. The van der Waals surface area contributed by atoms with Gasteiger partial charge in [0.15, 0.2) is 5.11 Å². The summed E-state index contributed by atoms with van der Waals surface area (Å²) in [4.78, 5) is 11.1. The predicted molar refractivity (Wildman–Crippen MR) is 57.6 cm³/mol. The molecule has 1 atom stereocenters. The largest absolute Gasteiger partial charge is 0.376 e. The van der Waals surface area contributed by atoms with Crippen molar-refractivity contribution < 1.29 is 4.79 Å².